The van der Waals surface area contributed by atoms with Crippen LogP contribution >= 0.6 is 24.0 Å². The molecule has 3 nitrogen and oxygen atoms in total. The van der Waals surface area contributed by atoms with Crippen LogP contribution in [0.1, 0.15) is 30.9 Å². The number of rotatable bonds is 5. The van der Waals surface area contributed by atoms with E-state index in [4.69, 9.17) is 5.73 Å². The first-order valence-electron chi connectivity index (χ1n) is 8.03. The van der Waals surface area contributed by atoms with Gasteiger partial charge in [-0.3, -0.25) is 4.99 Å². The van der Waals surface area contributed by atoms with E-state index >= 15 is 0 Å². The summed E-state index contributed by atoms with van der Waals surface area (Å²) in [6.07, 6.45) is 3.03. The van der Waals surface area contributed by atoms with Gasteiger partial charge in [0.15, 0.2) is 5.96 Å². The number of nitrogens with one attached hydrogen (secondary N) is 1. The molecule has 0 unspecified atom stereocenters. The topological polar surface area (TPSA) is 50.4 Å². The minimum atomic E-state index is -0.194. The van der Waals surface area contributed by atoms with Crippen molar-refractivity contribution in [2.24, 2.45) is 10.7 Å². The molecule has 24 heavy (non-hydrogen) atoms. The van der Waals surface area contributed by atoms with Crippen LogP contribution in [-0.4, -0.2) is 12.5 Å². The minimum absolute atomic E-state index is 0. The Morgan fingerprint density at radius 3 is 2.62 bits per heavy atom. The monoisotopic (exact) mass is 439 g/mol. The Morgan fingerprint density at radius 2 is 1.96 bits per heavy atom. The van der Waals surface area contributed by atoms with Crippen LogP contribution in [0.2, 0.25) is 0 Å². The maximum Gasteiger partial charge on any atom is 0.193 e. The highest BCUT2D eigenvalue weighted by atomic mass is 127. The van der Waals surface area contributed by atoms with Crippen molar-refractivity contribution in [2.75, 3.05) is 11.9 Å². The van der Waals surface area contributed by atoms with Gasteiger partial charge in [0, 0.05) is 11.1 Å². The quantitative estimate of drug-likeness (QED) is 0.411. The molecule has 1 fully saturated rings. The molecule has 3 N–H and O–H groups in total. The summed E-state index contributed by atoms with van der Waals surface area (Å²) in [5, 5.41) is 3.13. The molecular weight excluding hydrogens is 416 g/mol. The molecule has 1 aliphatic carbocycles. The first kappa shape index (κ1) is 18.7. The molecule has 0 radical (unpaired) electrons. The SMILES string of the molecule is CCc1cccc(NC(N)=NCC2(c3cccc(F)c3)CC2)c1.I. The molecule has 128 valence electrons. The Labute approximate surface area is 159 Å². The standard InChI is InChI=1S/C19H22FN3.HI/c1-2-14-5-3-8-17(11-14)23-18(21)22-13-19(9-10-19)15-6-4-7-16(20)12-15;/h3-8,11-12H,2,9-10,13H2,1H3,(H3,21,22,23);1H. The van der Waals surface area contributed by atoms with E-state index in [1.54, 1.807) is 12.1 Å². The summed E-state index contributed by atoms with van der Waals surface area (Å²) in [4.78, 5) is 4.48. The number of guanidine groups is 1. The van der Waals surface area contributed by atoms with E-state index in [1.165, 1.54) is 11.6 Å². The van der Waals surface area contributed by atoms with Crippen LogP contribution in [0, 0.1) is 5.82 Å². The molecule has 0 aromatic heterocycles. The molecule has 2 aromatic rings. The zero-order chi connectivity index (χ0) is 16.3. The summed E-state index contributed by atoms with van der Waals surface area (Å²) in [5.41, 5.74) is 9.18. The van der Waals surface area contributed by atoms with Gasteiger partial charge in [-0.25, -0.2) is 4.39 Å². The van der Waals surface area contributed by atoms with Gasteiger partial charge in [-0.1, -0.05) is 31.2 Å². The van der Waals surface area contributed by atoms with Gasteiger partial charge in [0.1, 0.15) is 5.82 Å². The van der Waals surface area contributed by atoms with Gasteiger partial charge in [-0.05, 0) is 54.7 Å². The fourth-order valence-corrected chi connectivity index (χ4v) is 2.80. The lowest BCUT2D eigenvalue weighted by atomic mass is 9.96. The van der Waals surface area contributed by atoms with Crippen LogP contribution in [0.3, 0.4) is 0 Å². The first-order valence-corrected chi connectivity index (χ1v) is 8.03. The van der Waals surface area contributed by atoms with Crippen molar-refractivity contribution in [1.29, 1.82) is 0 Å². The Bertz CT molecular complexity index is 726. The predicted molar refractivity (Wildman–Crippen MR) is 109 cm³/mol. The molecule has 0 heterocycles. The van der Waals surface area contributed by atoms with Crippen LogP contribution in [0.4, 0.5) is 10.1 Å². The maximum atomic E-state index is 13.4. The molecule has 0 atom stereocenters. The van der Waals surface area contributed by atoms with Crippen molar-refractivity contribution in [2.45, 2.75) is 31.6 Å². The van der Waals surface area contributed by atoms with E-state index in [0.29, 0.717) is 12.5 Å². The summed E-state index contributed by atoms with van der Waals surface area (Å²) in [6.45, 7) is 2.70. The Morgan fingerprint density at radius 1 is 1.21 bits per heavy atom. The third-order valence-corrected chi connectivity index (χ3v) is 4.45. The van der Waals surface area contributed by atoms with E-state index in [1.807, 2.05) is 18.2 Å². The van der Waals surface area contributed by atoms with E-state index < -0.39 is 0 Å². The zero-order valence-electron chi connectivity index (χ0n) is 13.8. The summed E-state index contributed by atoms with van der Waals surface area (Å²) in [7, 11) is 0. The highest BCUT2D eigenvalue weighted by Gasteiger charge is 2.44. The van der Waals surface area contributed by atoms with E-state index in [9.17, 15) is 4.39 Å². The Balaban J connectivity index is 0.00000208. The third kappa shape index (κ3) is 4.47. The van der Waals surface area contributed by atoms with Crippen molar-refractivity contribution in [3.63, 3.8) is 0 Å². The number of benzene rings is 2. The lowest BCUT2D eigenvalue weighted by Gasteiger charge is -2.14. The number of anilines is 1. The van der Waals surface area contributed by atoms with E-state index in [2.05, 4.69) is 29.4 Å². The number of aryl methyl sites for hydroxylation is 1. The van der Waals surface area contributed by atoms with Gasteiger partial charge in [0.05, 0.1) is 6.54 Å². The highest BCUT2D eigenvalue weighted by molar-refractivity contribution is 14.0. The second kappa shape index (κ2) is 7.96. The van der Waals surface area contributed by atoms with Crippen LogP contribution in [0.15, 0.2) is 53.5 Å². The van der Waals surface area contributed by atoms with Gasteiger partial charge < -0.3 is 11.1 Å². The second-order valence-electron chi connectivity index (χ2n) is 6.17. The van der Waals surface area contributed by atoms with Gasteiger partial charge in [0.2, 0.25) is 0 Å². The fraction of sp³-hybridized carbons (Fsp3) is 0.316. The largest absolute Gasteiger partial charge is 0.370 e. The molecular formula is C19H23FIN3. The van der Waals surface area contributed by atoms with Gasteiger partial charge in [-0.2, -0.15) is 0 Å². The molecule has 3 rings (SSSR count). The molecule has 0 bridgehead atoms. The third-order valence-electron chi connectivity index (χ3n) is 4.45. The molecule has 0 aliphatic heterocycles. The smallest absolute Gasteiger partial charge is 0.193 e. The van der Waals surface area contributed by atoms with E-state index in [-0.39, 0.29) is 35.2 Å². The van der Waals surface area contributed by atoms with Crippen LogP contribution < -0.4 is 11.1 Å². The molecule has 1 saturated carbocycles. The van der Waals surface area contributed by atoms with Crippen LogP contribution in [-0.2, 0) is 11.8 Å². The Kier molecular flexibility index (Phi) is 6.21. The number of halogens is 2. The van der Waals surface area contributed by atoms with Crippen LogP contribution in [0.25, 0.3) is 0 Å². The number of nitrogens with zero attached hydrogens (tertiary/aromatic N) is 1. The van der Waals surface area contributed by atoms with Crippen molar-refractivity contribution in [3.8, 4) is 0 Å². The molecule has 0 amide bonds. The molecule has 0 saturated heterocycles. The van der Waals surface area contributed by atoms with Gasteiger partial charge in [-0.15, -0.1) is 24.0 Å². The summed E-state index contributed by atoms with van der Waals surface area (Å²) < 4.78 is 13.4. The summed E-state index contributed by atoms with van der Waals surface area (Å²) in [5.74, 6) is 0.209. The maximum absolute atomic E-state index is 13.4. The average molecular weight is 439 g/mol. The van der Waals surface area contributed by atoms with E-state index in [0.717, 1.165) is 30.5 Å². The van der Waals surface area contributed by atoms with Crippen molar-refractivity contribution >= 4 is 35.6 Å². The molecule has 0 spiro atoms. The van der Waals surface area contributed by atoms with Crippen LogP contribution in [0.5, 0.6) is 0 Å². The Hall–Kier alpha value is -1.63. The van der Waals surface area contributed by atoms with Gasteiger partial charge >= 0.3 is 0 Å². The number of nitrogens with two attached hydrogens (primary N) is 1. The number of hydrogen-bond donors (Lipinski definition) is 2. The predicted octanol–water partition coefficient (Wildman–Crippen LogP) is 4.46. The number of aliphatic imine (C=N–C) groups is 1. The lowest BCUT2D eigenvalue weighted by molar-refractivity contribution is 0.616. The van der Waals surface area contributed by atoms with Gasteiger partial charge in [0.25, 0.3) is 0 Å². The normalized spacial score (nSPS) is 15.5. The zero-order valence-corrected chi connectivity index (χ0v) is 16.1. The molecule has 5 heteroatoms. The average Bonchev–Trinajstić information content (AvgIpc) is 3.34. The molecule has 2 aromatic carbocycles. The number of hydrogen-bond acceptors (Lipinski definition) is 1. The summed E-state index contributed by atoms with van der Waals surface area (Å²) in [6, 6.07) is 14.9. The summed E-state index contributed by atoms with van der Waals surface area (Å²) >= 11 is 0. The second-order valence-corrected chi connectivity index (χ2v) is 6.17. The van der Waals surface area contributed by atoms with Crippen molar-refractivity contribution < 1.29 is 4.39 Å². The molecule has 1 aliphatic rings. The van der Waals surface area contributed by atoms with Crippen molar-refractivity contribution in [1.82, 2.24) is 0 Å². The lowest BCUT2D eigenvalue weighted by Crippen LogP contribution is -2.25. The fourth-order valence-electron chi connectivity index (χ4n) is 2.80. The van der Waals surface area contributed by atoms with Crippen molar-refractivity contribution in [3.05, 3.63) is 65.5 Å². The first-order chi connectivity index (χ1) is 11.1. The minimum Gasteiger partial charge on any atom is -0.370 e. The highest BCUT2D eigenvalue weighted by Crippen LogP contribution is 2.48.